The number of nitrogens with one attached hydrogen (secondary N) is 1. The fourth-order valence-electron chi connectivity index (χ4n) is 1.16. The van der Waals surface area contributed by atoms with Crippen molar-refractivity contribution in [3.8, 4) is 0 Å². The highest BCUT2D eigenvalue weighted by molar-refractivity contribution is 6.21. The van der Waals surface area contributed by atoms with Crippen LogP contribution in [0.15, 0.2) is 0 Å². The molecule has 5 atom stereocenters. The van der Waals surface area contributed by atoms with Gasteiger partial charge in [0, 0.05) is 19.1 Å². The fraction of sp³-hybridized carbons (Fsp3) is 0.800. The van der Waals surface area contributed by atoms with Crippen LogP contribution in [-0.2, 0) is 4.79 Å². The maximum atomic E-state index is 13.3. The van der Waals surface area contributed by atoms with Crippen LogP contribution in [0, 0.1) is 5.41 Å². The first kappa shape index (κ1) is 16.4. The van der Waals surface area contributed by atoms with E-state index in [9.17, 15) is 22.4 Å². The Balaban J connectivity index is 4.33. The van der Waals surface area contributed by atoms with Gasteiger partial charge in [-0.2, -0.15) is 0 Å². The first-order chi connectivity index (χ1) is 7.81. The molecule has 0 bridgehead atoms. The van der Waals surface area contributed by atoms with E-state index in [0.717, 1.165) is 13.1 Å². The van der Waals surface area contributed by atoms with Crippen LogP contribution >= 0.6 is 11.6 Å². The van der Waals surface area contributed by atoms with Crippen molar-refractivity contribution in [2.45, 2.75) is 49.8 Å². The van der Waals surface area contributed by atoms with Gasteiger partial charge in [-0.3, -0.25) is 4.79 Å². The van der Waals surface area contributed by atoms with Gasteiger partial charge in [-0.25, -0.2) is 17.6 Å². The predicted molar refractivity (Wildman–Crippen MR) is 57.9 cm³/mol. The standard InChI is InChI=1S/C10H14ClF4NO/c1-5(12)9(14)10(15)8(11)7(13)4-6(17)2-3-16/h3,5,7-10,16H,2,4H2,1H3. The summed E-state index contributed by atoms with van der Waals surface area (Å²) in [7, 11) is 0. The van der Waals surface area contributed by atoms with Gasteiger partial charge in [0.25, 0.3) is 0 Å². The molecule has 0 aliphatic heterocycles. The lowest BCUT2D eigenvalue weighted by atomic mass is 10.0. The Kier molecular flexibility index (Phi) is 7.34. The van der Waals surface area contributed by atoms with E-state index in [1.54, 1.807) is 0 Å². The Bertz CT molecular complexity index is 265. The van der Waals surface area contributed by atoms with Gasteiger partial charge in [0.2, 0.25) is 0 Å². The normalized spacial score (nSPS) is 20.1. The highest BCUT2D eigenvalue weighted by atomic mass is 35.5. The number of Topliss-reactive ketones (excluding diaryl/α,β-unsaturated/α-hetero) is 1. The number of alkyl halides is 5. The van der Waals surface area contributed by atoms with E-state index >= 15 is 0 Å². The Morgan fingerprint density at radius 2 is 1.82 bits per heavy atom. The molecule has 1 N–H and O–H groups in total. The quantitative estimate of drug-likeness (QED) is 0.413. The summed E-state index contributed by atoms with van der Waals surface area (Å²) in [4.78, 5) is 10.9. The summed E-state index contributed by atoms with van der Waals surface area (Å²) in [5, 5.41) is 4.69. The minimum Gasteiger partial charge on any atom is -0.313 e. The molecule has 0 amide bonds. The molecule has 5 unspecified atom stereocenters. The van der Waals surface area contributed by atoms with Crippen molar-refractivity contribution in [3.05, 3.63) is 0 Å². The zero-order valence-electron chi connectivity index (χ0n) is 9.18. The monoisotopic (exact) mass is 275 g/mol. The number of hydrogen-bond donors (Lipinski definition) is 1. The number of rotatable bonds is 8. The zero-order chi connectivity index (χ0) is 13.6. The van der Waals surface area contributed by atoms with Gasteiger partial charge in [-0.1, -0.05) is 0 Å². The fourth-order valence-corrected chi connectivity index (χ4v) is 1.38. The minimum absolute atomic E-state index is 0.292. The molecule has 0 fully saturated rings. The molecule has 0 aliphatic rings. The molecule has 0 heterocycles. The molecule has 0 rings (SSSR count). The molecule has 17 heavy (non-hydrogen) atoms. The maximum Gasteiger partial charge on any atom is 0.163 e. The molecule has 100 valence electrons. The smallest absolute Gasteiger partial charge is 0.163 e. The van der Waals surface area contributed by atoms with Crippen molar-refractivity contribution >= 4 is 23.6 Å². The summed E-state index contributed by atoms with van der Waals surface area (Å²) in [5.74, 6) is -0.644. The number of hydrogen-bond acceptors (Lipinski definition) is 2. The van der Waals surface area contributed by atoms with E-state index in [4.69, 9.17) is 17.0 Å². The van der Waals surface area contributed by atoms with Crippen molar-refractivity contribution in [1.82, 2.24) is 0 Å². The summed E-state index contributed by atoms with van der Waals surface area (Å²) >= 11 is 5.30. The van der Waals surface area contributed by atoms with Crippen LogP contribution in [-0.4, -0.2) is 42.1 Å². The molecule has 2 nitrogen and oxygen atoms in total. The average Bonchev–Trinajstić information content (AvgIpc) is 2.25. The Morgan fingerprint density at radius 1 is 1.29 bits per heavy atom. The molecule has 0 saturated heterocycles. The third kappa shape index (κ3) is 5.48. The van der Waals surface area contributed by atoms with Gasteiger partial charge < -0.3 is 5.41 Å². The molecule has 0 aromatic heterocycles. The highest BCUT2D eigenvalue weighted by Gasteiger charge is 2.37. The topological polar surface area (TPSA) is 40.9 Å². The van der Waals surface area contributed by atoms with Crippen LogP contribution in [0.25, 0.3) is 0 Å². The molecule has 0 spiro atoms. The van der Waals surface area contributed by atoms with Crippen molar-refractivity contribution in [3.63, 3.8) is 0 Å². The van der Waals surface area contributed by atoms with Gasteiger partial charge >= 0.3 is 0 Å². The Morgan fingerprint density at radius 3 is 2.24 bits per heavy atom. The average molecular weight is 276 g/mol. The number of carbonyl (C=O) groups is 1. The van der Waals surface area contributed by atoms with Gasteiger partial charge in [-0.15, -0.1) is 11.6 Å². The number of carbonyl (C=O) groups excluding carboxylic acids is 1. The highest BCUT2D eigenvalue weighted by Crippen LogP contribution is 2.24. The second kappa shape index (κ2) is 7.63. The van der Waals surface area contributed by atoms with Crippen molar-refractivity contribution in [2.75, 3.05) is 0 Å². The lowest BCUT2D eigenvalue weighted by Gasteiger charge is -2.21. The molecular weight excluding hydrogens is 262 g/mol. The predicted octanol–water partition coefficient (Wildman–Crippen LogP) is 2.96. The van der Waals surface area contributed by atoms with Crippen LogP contribution < -0.4 is 0 Å². The van der Waals surface area contributed by atoms with Gasteiger partial charge in [0.05, 0.1) is 5.38 Å². The van der Waals surface area contributed by atoms with E-state index in [2.05, 4.69) is 0 Å². The third-order valence-electron chi connectivity index (χ3n) is 2.15. The van der Waals surface area contributed by atoms with Gasteiger partial charge in [-0.05, 0) is 6.92 Å². The SMILES string of the molecule is CC(F)C(F)C(F)C(Cl)C(F)CC(=O)CC=N. The van der Waals surface area contributed by atoms with Crippen LogP contribution in [0.2, 0.25) is 0 Å². The molecule has 0 radical (unpaired) electrons. The number of halogens is 5. The molecule has 0 saturated carbocycles. The molecule has 0 aromatic carbocycles. The van der Waals surface area contributed by atoms with Crippen LogP contribution in [0.4, 0.5) is 17.6 Å². The first-order valence-electron chi connectivity index (χ1n) is 5.02. The number of ketones is 1. The Hall–Kier alpha value is -0.650. The largest absolute Gasteiger partial charge is 0.313 e. The maximum absolute atomic E-state index is 13.3. The summed E-state index contributed by atoms with van der Waals surface area (Å²) in [5.41, 5.74) is 0. The van der Waals surface area contributed by atoms with Crippen LogP contribution in [0.3, 0.4) is 0 Å². The van der Waals surface area contributed by atoms with Crippen LogP contribution in [0.1, 0.15) is 19.8 Å². The Labute approximate surface area is 102 Å². The second-order valence-electron chi connectivity index (χ2n) is 3.68. The molecule has 0 aliphatic carbocycles. The van der Waals surface area contributed by atoms with E-state index in [-0.39, 0.29) is 6.42 Å². The second-order valence-corrected chi connectivity index (χ2v) is 4.18. The van der Waals surface area contributed by atoms with Gasteiger partial charge in [0.1, 0.15) is 18.1 Å². The minimum atomic E-state index is -2.52. The van der Waals surface area contributed by atoms with E-state index < -0.39 is 42.3 Å². The first-order valence-corrected chi connectivity index (χ1v) is 5.45. The third-order valence-corrected chi connectivity index (χ3v) is 2.66. The van der Waals surface area contributed by atoms with Crippen molar-refractivity contribution < 1.29 is 22.4 Å². The van der Waals surface area contributed by atoms with E-state index in [1.807, 2.05) is 0 Å². The van der Waals surface area contributed by atoms with Crippen molar-refractivity contribution in [1.29, 1.82) is 5.41 Å². The van der Waals surface area contributed by atoms with E-state index in [1.165, 1.54) is 0 Å². The van der Waals surface area contributed by atoms with E-state index in [0.29, 0.717) is 0 Å². The molecule has 0 aromatic rings. The van der Waals surface area contributed by atoms with Crippen LogP contribution in [0.5, 0.6) is 0 Å². The lowest BCUT2D eigenvalue weighted by molar-refractivity contribution is -0.119. The lowest BCUT2D eigenvalue weighted by Crippen LogP contribution is -2.38. The molecule has 7 heteroatoms. The van der Waals surface area contributed by atoms with Crippen molar-refractivity contribution in [2.24, 2.45) is 0 Å². The molecular formula is C10H14ClF4NO. The summed E-state index contributed by atoms with van der Waals surface area (Å²) in [6.07, 6.45) is -9.47. The summed E-state index contributed by atoms with van der Waals surface area (Å²) in [6.45, 7) is 0.800. The summed E-state index contributed by atoms with van der Waals surface area (Å²) in [6, 6.07) is 0. The summed E-state index contributed by atoms with van der Waals surface area (Å²) < 4.78 is 51.8. The zero-order valence-corrected chi connectivity index (χ0v) is 9.93. The van der Waals surface area contributed by atoms with Gasteiger partial charge in [0.15, 0.2) is 12.3 Å².